The van der Waals surface area contributed by atoms with Crippen LogP contribution >= 0.6 is 0 Å². The summed E-state index contributed by atoms with van der Waals surface area (Å²) >= 11 is 0. The van der Waals surface area contributed by atoms with Crippen LogP contribution < -0.4 is 0 Å². The molecule has 1 aromatic carbocycles. The van der Waals surface area contributed by atoms with E-state index in [2.05, 4.69) is 5.37 Å². The summed E-state index contributed by atoms with van der Waals surface area (Å²) < 4.78 is 20.1. The Labute approximate surface area is 60.7 Å². The molecule has 51 valence electrons. The Morgan fingerprint density at radius 2 is 1.70 bits per heavy atom. The van der Waals surface area contributed by atoms with Gasteiger partial charge in [0.2, 0.25) is 10.3 Å². The van der Waals surface area contributed by atoms with Gasteiger partial charge in [-0.15, -0.1) is 0 Å². The fourth-order valence-electron chi connectivity index (χ4n) is 0.602. The predicted octanol–water partition coefficient (Wildman–Crippen LogP) is 0.593. The summed E-state index contributed by atoms with van der Waals surface area (Å²) in [6, 6.07) is 8.69. The van der Waals surface area contributed by atoms with Gasteiger partial charge in [-0.05, 0) is 5.56 Å². The Morgan fingerprint density at radius 3 is 2.20 bits per heavy atom. The monoisotopic (exact) mass is 153 g/mol. The summed E-state index contributed by atoms with van der Waals surface area (Å²) in [5, 5.41) is 2.22. The van der Waals surface area contributed by atoms with Crippen molar-refractivity contribution >= 4 is 15.7 Å². The van der Waals surface area contributed by atoms with E-state index in [-0.39, 0.29) is 0 Å². The van der Waals surface area contributed by atoms with E-state index in [4.69, 9.17) is 0 Å². The molecule has 0 N–H and O–H groups in total. The molecule has 10 heavy (non-hydrogen) atoms. The Kier molecular flexibility index (Phi) is 2.23. The van der Waals surface area contributed by atoms with E-state index < -0.39 is 10.3 Å². The first-order valence-corrected chi connectivity index (χ1v) is 3.77. The van der Waals surface area contributed by atoms with E-state index in [1.165, 1.54) is 0 Å². The maximum atomic E-state index is 10.1. The van der Waals surface area contributed by atoms with Gasteiger partial charge in [0.1, 0.15) is 5.37 Å². The highest BCUT2D eigenvalue weighted by molar-refractivity contribution is 7.71. The Morgan fingerprint density at radius 1 is 1.10 bits per heavy atom. The molecule has 0 spiro atoms. The summed E-state index contributed by atoms with van der Waals surface area (Å²) in [6.45, 7) is 0. The van der Waals surface area contributed by atoms with E-state index in [1.807, 2.05) is 6.07 Å². The molecule has 0 aliphatic rings. The van der Waals surface area contributed by atoms with Gasteiger partial charge in [-0.25, -0.2) is 0 Å². The summed E-state index contributed by atoms with van der Waals surface area (Å²) in [5.74, 6) is 0. The number of hydrogen-bond donors (Lipinski definition) is 0. The maximum Gasteiger partial charge on any atom is 0.223 e. The Hall–Kier alpha value is -1.09. The van der Waals surface area contributed by atoms with E-state index in [0.717, 1.165) is 0 Å². The van der Waals surface area contributed by atoms with Gasteiger partial charge in [0.05, 0.1) is 0 Å². The molecule has 0 unspecified atom stereocenters. The molecule has 0 heterocycles. The second-order valence-corrected chi connectivity index (χ2v) is 2.38. The third kappa shape index (κ3) is 2.03. The van der Waals surface area contributed by atoms with Crippen molar-refractivity contribution in [2.75, 3.05) is 0 Å². The lowest BCUT2D eigenvalue weighted by molar-refractivity contribution is 0.627. The van der Waals surface area contributed by atoms with Crippen LogP contribution in [0.3, 0.4) is 0 Å². The predicted molar refractivity (Wildman–Crippen MR) is 39.5 cm³/mol. The first kappa shape index (κ1) is 7.02. The van der Waals surface area contributed by atoms with Crippen molar-refractivity contribution in [1.29, 1.82) is 0 Å². The summed E-state index contributed by atoms with van der Waals surface area (Å²) in [6.07, 6.45) is 0. The van der Waals surface area contributed by atoms with Crippen molar-refractivity contribution in [2.24, 2.45) is 0 Å². The zero-order valence-corrected chi connectivity index (χ0v) is 5.93. The van der Waals surface area contributed by atoms with Crippen LogP contribution in [0, 0.1) is 0 Å². The minimum Gasteiger partial charge on any atom is -0.184 e. The quantitative estimate of drug-likeness (QED) is 0.553. The lowest BCUT2D eigenvalue weighted by Crippen LogP contribution is -1.78. The van der Waals surface area contributed by atoms with E-state index >= 15 is 0 Å². The lowest BCUT2D eigenvalue weighted by Gasteiger charge is -1.82. The molecule has 0 atom stereocenters. The molecule has 0 aliphatic heterocycles. The van der Waals surface area contributed by atoms with Crippen molar-refractivity contribution in [3.8, 4) is 0 Å². The minimum atomic E-state index is -2.22. The SMILES string of the molecule is O=S(=O)=[C]c1ccccc1. The van der Waals surface area contributed by atoms with Gasteiger partial charge in [-0.3, -0.25) is 0 Å². The fraction of sp³-hybridized carbons (Fsp3) is 0. The maximum absolute atomic E-state index is 10.1. The highest BCUT2D eigenvalue weighted by atomic mass is 32.2. The molecule has 0 aliphatic carbocycles. The van der Waals surface area contributed by atoms with E-state index in [0.29, 0.717) is 5.56 Å². The lowest BCUT2D eigenvalue weighted by atomic mass is 10.2. The van der Waals surface area contributed by atoms with Crippen LogP contribution in [0.15, 0.2) is 30.3 Å². The van der Waals surface area contributed by atoms with Crippen LogP contribution in [-0.2, 0) is 10.3 Å². The highest BCUT2D eigenvalue weighted by Crippen LogP contribution is 1.92. The third-order valence-electron chi connectivity index (χ3n) is 0.975. The second kappa shape index (κ2) is 3.17. The summed E-state index contributed by atoms with van der Waals surface area (Å²) in [4.78, 5) is 0. The van der Waals surface area contributed by atoms with Gasteiger partial charge in [0, 0.05) is 0 Å². The summed E-state index contributed by atoms with van der Waals surface area (Å²) in [7, 11) is -2.22. The first-order valence-electron chi connectivity index (χ1n) is 2.70. The molecule has 0 fully saturated rings. The average molecular weight is 153 g/mol. The molecule has 1 rings (SSSR count). The van der Waals surface area contributed by atoms with Gasteiger partial charge in [0.25, 0.3) is 0 Å². The molecular formula is C7H5O2S. The van der Waals surface area contributed by atoms with Crippen LogP contribution in [0.4, 0.5) is 0 Å². The van der Waals surface area contributed by atoms with Gasteiger partial charge in [-0.1, -0.05) is 30.3 Å². The molecule has 1 aromatic rings. The molecule has 2 nitrogen and oxygen atoms in total. The molecule has 0 amide bonds. The Bertz CT molecular complexity index is 316. The zero-order chi connectivity index (χ0) is 7.40. The number of hydrogen-bond acceptors (Lipinski definition) is 2. The highest BCUT2D eigenvalue weighted by Gasteiger charge is 1.83. The van der Waals surface area contributed by atoms with Crippen LogP contribution in [0.5, 0.6) is 0 Å². The van der Waals surface area contributed by atoms with Crippen molar-refractivity contribution in [3.63, 3.8) is 0 Å². The molecule has 1 radical (unpaired) electrons. The largest absolute Gasteiger partial charge is 0.223 e. The Balaban J connectivity index is 3.10. The third-order valence-corrected chi connectivity index (χ3v) is 1.38. The number of rotatable bonds is 1. The normalized spacial score (nSPS) is 8.80. The van der Waals surface area contributed by atoms with Crippen LogP contribution in [0.2, 0.25) is 0 Å². The van der Waals surface area contributed by atoms with Gasteiger partial charge in [-0.2, -0.15) is 8.42 Å². The van der Waals surface area contributed by atoms with Crippen LogP contribution in [0.25, 0.3) is 0 Å². The van der Waals surface area contributed by atoms with Crippen molar-refractivity contribution < 1.29 is 8.42 Å². The average Bonchev–Trinajstić information content (AvgIpc) is 1.88. The number of benzene rings is 1. The molecule has 0 bridgehead atoms. The fourth-order valence-corrected chi connectivity index (χ4v) is 0.931. The topological polar surface area (TPSA) is 34.1 Å². The van der Waals surface area contributed by atoms with Gasteiger partial charge >= 0.3 is 0 Å². The smallest absolute Gasteiger partial charge is 0.184 e. The van der Waals surface area contributed by atoms with E-state index in [1.54, 1.807) is 24.3 Å². The first-order chi connectivity index (χ1) is 4.79. The van der Waals surface area contributed by atoms with E-state index in [9.17, 15) is 8.42 Å². The van der Waals surface area contributed by atoms with Crippen LogP contribution in [0.1, 0.15) is 5.56 Å². The molecule has 0 aromatic heterocycles. The molecule has 0 saturated carbocycles. The molecular weight excluding hydrogens is 148 g/mol. The van der Waals surface area contributed by atoms with Crippen LogP contribution in [-0.4, -0.2) is 13.8 Å². The zero-order valence-electron chi connectivity index (χ0n) is 5.11. The van der Waals surface area contributed by atoms with Crippen molar-refractivity contribution in [3.05, 3.63) is 35.9 Å². The molecule has 0 saturated heterocycles. The van der Waals surface area contributed by atoms with Crippen molar-refractivity contribution in [1.82, 2.24) is 0 Å². The van der Waals surface area contributed by atoms with Gasteiger partial charge < -0.3 is 0 Å². The summed E-state index contributed by atoms with van der Waals surface area (Å²) in [5.41, 5.74) is 0.579. The minimum absolute atomic E-state index is 0.579. The second-order valence-electron chi connectivity index (χ2n) is 1.70. The van der Waals surface area contributed by atoms with Gasteiger partial charge in [0.15, 0.2) is 0 Å². The standard InChI is InChI=1S/C7H5O2S/c8-10(9)6-7-4-2-1-3-5-7/h1-5H. The van der Waals surface area contributed by atoms with Crippen molar-refractivity contribution in [2.45, 2.75) is 0 Å². The molecule has 3 heteroatoms.